The molecule has 11 heavy (non-hydrogen) atoms. The predicted molar refractivity (Wildman–Crippen MR) is 51.7 cm³/mol. The summed E-state index contributed by atoms with van der Waals surface area (Å²) >= 11 is 0. The van der Waals surface area contributed by atoms with E-state index in [0.29, 0.717) is 5.92 Å². The lowest BCUT2D eigenvalue weighted by molar-refractivity contribution is 0.680. The van der Waals surface area contributed by atoms with Gasteiger partial charge in [0.25, 0.3) is 0 Å². The third-order valence-electron chi connectivity index (χ3n) is 1.74. The largest absolute Gasteiger partial charge is 0.319 e. The van der Waals surface area contributed by atoms with E-state index >= 15 is 0 Å². The molecule has 0 rings (SSSR count). The van der Waals surface area contributed by atoms with E-state index in [0.717, 1.165) is 13.0 Å². The van der Waals surface area contributed by atoms with E-state index in [2.05, 4.69) is 31.8 Å². The molecule has 0 aliphatic carbocycles. The Labute approximate surface area is 70.2 Å². The van der Waals surface area contributed by atoms with Gasteiger partial charge in [-0.05, 0) is 25.9 Å². The van der Waals surface area contributed by atoms with Gasteiger partial charge in [0, 0.05) is 0 Å². The van der Waals surface area contributed by atoms with Crippen molar-refractivity contribution in [3.63, 3.8) is 0 Å². The Bertz CT molecular complexity index is 134. The second-order valence-corrected chi connectivity index (χ2v) is 2.99. The molecule has 0 saturated carbocycles. The van der Waals surface area contributed by atoms with Crippen LogP contribution < -0.4 is 5.32 Å². The normalized spacial score (nSPS) is 12.2. The van der Waals surface area contributed by atoms with E-state index in [-0.39, 0.29) is 0 Å². The fourth-order valence-corrected chi connectivity index (χ4v) is 0.985. The highest BCUT2D eigenvalue weighted by Gasteiger charge is 1.99. The topological polar surface area (TPSA) is 12.0 Å². The standard InChI is InChI=1S/C10H19N/c1-5-6-10(9(2)3)7-8-11-4/h5-6,9,11H,1,7-8H2,2-4H3/b10-6+. The van der Waals surface area contributed by atoms with Crippen molar-refractivity contribution in [1.82, 2.24) is 5.32 Å². The molecule has 0 bridgehead atoms. The van der Waals surface area contributed by atoms with Gasteiger partial charge in [-0.1, -0.05) is 38.2 Å². The molecule has 0 aliphatic heterocycles. The van der Waals surface area contributed by atoms with Gasteiger partial charge in [0.05, 0.1) is 0 Å². The molecule has 64 valence electrons. The minimum absolute atomic E-state index is 0.640. The SMILES string of the molecule is C=C/C=C(\CCNC)C(C)C. The molecule has 1 nitrogen and oxygen atoms in total. The van der Waals surface area contributed by atoms with Crippen molar-refractivity contribution >= 4 is 0 Å². The van der Waals surface area contributed by atoms with Gasteiger partial charge in [-0.2, -0.15) is 0 Å². The van der Waals surface area contributed by atoms with E-state index in [1.807, 2.05) is 13.1 Å². The highest BCUT2D eigenvalue weighted by atomic mass is 14.8. The Kier molecular flexibility index (Phi) is 5.86. The van der Waals surface area contributed by atoms with Crippen LogP contribution in [-0.2, 0) is 0 Å². The Morgan fingerprint density at radius 1 is 1.55 bits per heavy atom. The highest BCUT2D eigenvalue weighted by Crippen LogP contribution is 2.12. The second-order valence-electron chi connectivity index (χ2n) is 2.99. The van der Waals surface area contributed by atoms with Gasteiger partial charge in [0.15, 0.2) is 0 Å². The zero-order chi connectivity index (χ0) is 8.69. The molecule has 0 radical (unpaired) electrons. The van der Waals surface area contributed by atoms with Gasteiger partial charge in [-0.15, -0.1) is 0 Å². The summed E-state index contributed by atoms with van der Waals surface area (Å²) in [6.07, 6.45) is 5.10. The summed E-state index contributed by atoms with van der Waals surface area (Å²) in [5, 5.41) is 3.14. The van der Waals surface area contributed by atoms with E-state index < -0.39 is 0 Å². The molecule has 0 fully saturated rings. The van der Waals surface area contributed by atoms with Crippen molar-refractivity contribution in [3.8, 4) is 0 Å². The van der Waals surface area contributed by atoms with Crippen LogP contribution in [0.4, 0.5) is 0 Å². The van der Waals surface area contributed by atoms with Crippen LogP contribution >= 0.6 is 0 Å². The van der Waals surface area contributed by atoms with Gasteiger partial charge in [0.1, 0.15) is 0 Å². The Balaban J connectivity index is 3.89. The monoisotopic (exact) mass is 153 g/mol. The zero-order valence-corrected chi connectivity index (χ0v) is 7.85. The molecule has 1 N–H and O–H groups in total. The summed E-state index contributed by atoms with van der Waals surface area (Å²) in [6, 6.07) is 0. The molecule has 0 heterocycles. The summed E-state index contributed by atoms with van der Waals surface area (Å²) in [7, 11) is 1.98. The maximum atomic E-state index is 3.69. The van der Waals surface area contributed by atoms with Gasteiger partial charge in [0.2, 0.25) is 0 Å². The third kappa shape index (κ3) is 4.79. The Hall–Kier alpha value is -0.560. The maximum Gasteiger partial charge on any atom is -0.00144 e. The predicted octanol–water partition coefficient (Wildman–Crippen LogP) is 2.36. The lowest BCUT2D eigenvalue weighted by Gasteiger charge is -2.09. The molecule has 0 spiro atoms. The first-order valence-corrected chi connectivity index (χ1v) is 4.18. The van der Waals surface area contributed by atoms with E-state index in [9.17, 15) is 0 Å². The highest BCUT2D eigenvalue weighted by molar-refractivity contribution is 5.12. The minimum Gasteiger partial charge on any atom is -0.319 e. The first kappa shape index (κ1) is 10.4. The molecule has 0 unspecified atom stereocenters. The molecular weight excluding hydrogens is 134 g/mol. The van der Waals surface area contributed by atoms with Crippen LogP contribution in [-0.4, -0.2) is 13.6 Å². The molecule has 0 aromatic rings. The van der Waals surface area contributed by atoms with E-state index in [1.165, 1.54) is 5.57 Å². The van der Waals surface area contributed by atoms with Crippen molar-refractivity contribution in [2.45, 2.75) is 20.3 Å². The second kappa shape index (κ2) is 6.17. The molecule has 0 saturated heterocycles. The van der Waals surface area contributed by atoms with Crippen LogP contribution in [0, 0.1) is 5.92 Å². The van der Waals surface area contributed by atoms with Crippen molar-refractivity contribution in [2.24, 2.45) is 5.92 Å². The van der Waals surface area contributed by atoms with Gasteiger partial charge < -0.3 is 5.32 Å². The molecule has 0 amide bonds. The smallest absolute Gasteiger partial charge is 0.00144 e. The molecular formula is C10H19N. The maximum absolute atomic E-state index is 3.69. The van der Waals surface area contributed by atoms with Crippen LogP contribution in [0.2, 0.25) is 0 Å². The van der Waals surface area contributed by atoms with E-state index in [1.54, 1.807) is 0 Å². The Morgan fingerprint density at radius 2 is 2.18 bits per heavy atom. The van der Waals surface area contributed by atoms with Crippen LogP contribution in [0.1, 0.15) is 20.3 Å². The van der Waals surface area contributed by atoms with Crippen LogP contribution in [0.15, 0.2) is 24.3 Å². The molecule has 0 aromatic carbocycles. The average Bonchev–Trinajstić information content (AvgIpc) is 1.97. The van der Waals surface area contributed by atoms with Gasteiger partial charge in [-0.3, -0.25) is 0 Å². The lowest BCUT2D eigenvalue weighted by atomic mass is 10.00. The van der Waals surface area contributed by atoms with Crippen molar-refractivity contribution < 1.29 is 0 Å². The quantitative estimate of drug-likeness (QED) is 0.598. The summed E-state index contributed by atoms with van der Waals surface area (Å²) in [5.41, 5.74) is 1.47. The number of hydrogen-bond donors (Lipinski definition) is 1. The van der Waals surface area contributed by atoms with Crippen LogP contribution in [0.25, 0.3) is 0 Å². The van der Waals surface area contributed by atoms with Crippen molar-refractivity contribution in [1.29, 1.82) is 0 Å². The summed E-state index contributed by atoms with van der Waals surface area (Å²) < 4.78 is 0. The summed E-state index contributed by atoms with van der Waals surface area (Å²) in [6.45, 7) is 9.17. The summed E-state index contributed by atoms with van der Waals surface area (Å²) in [5.74, 6) is 0.640. The number of allylic oxidation sites excluding steroid dienone is 2. The third-order valence-corrected chi connectivity index (χ3v) is 1.74. The molecule has 0 aliphatic rings. The molecule has 0 aromatic heterocycles. The zero-order valence-electron chi connectivity index (χ0n) is 7.85. The van der Waals surface area contributed by atoms with Crippen molar-refractivity contribution in [3.05, 3.63) is 24.3 Å². The lowest BCUT2D eigenvalue weighted by Crippen LogP contribution is -2.10. The first-order chi connectivity index (χ1) is 5.22. The number of nitrogens with one attached hydrogen (secondary N) is 1. The summed E-state index contributed by atoms with van der Waals surface area (Å²) in [4.78, 5) is 0. The van der Waals surface area contributed by atoms with Crippen LogP contribution in [0.3, 0.4) is 0 Å². The number of rotatable bonds is 5. The van der Waals surface area contributed by atoms with Crippen LogP contribution in [0.5, 0.6) is 0 Å². The average molecular weight is 153 g/mol. The Morgan fingerprint density at radius 3 is 2.55 bits per heavy atom. The first-order valence-electron chi connectivity index (χ1n) is 4.18. The van der Waals surface area contributed by atoms with E-state index in [4.69, 9.17) is 0 Å². The van der Waals surface area contributed by atoms with Gasteiger partial charge >= 0.3 is 0 Å². The fraction of sp³-hybridized carbons (Fsp3) is 0.600. The van der Waals surface area contributed by atoms with Gasteiger partial charge in [-0.25, -0.2) is 0 Å². The molecule has 1 heteroatoms. The van der Waals surface area contributed by atoms with Crippen molar-refractivity contribution in [2.75, 3.05) is 13.6 Å². The molecule has 0 atom stereocenters. The minimum atomic E-state index is 0.640. The fourth-order valence-electron chi connectivity index (χ4n) is 0.985. The number of hydrogen-bond acceptors (Lipinski definition) is 1.